The minimum Gasteiger partial charge on any atom is -0.320 e. The predicted octanol–water partition coefficient (Wildman–Crippen LogP) is 4.89. The highest BCUT2D eigenvalue weighted by Crippen LogP contribution is 2.36. The monoisotopic (exact) mass is 341 g/mol. The molecule has 0 aliphatic heterocycles. The molecule has 0 aromatic carbocycles. The minimum atomic E-state index is 0.0301. The van der Waals surface area contributed by atoms with Crippen LogP contribution in [0.1, 0.15) is 46.2 Å². The standard InChI is InChI=1S/C14H16BrNS2/c15-11-8-17-7-10(11)14(16)13-6-9-4-2-1-3-5-12(9)18-13/h6-8,14H,1-5,16H2. The summed E-state index contributed by atoms with van der Waals surface area (Å²) in [6, 6.07) is 2.38. The second kappa shape index (κ2) is 5.45. The summed E-state index contributed by atoms with van der Waals surface area (Å²) in [4.78, 5) is 2.89. The van der Waals surface area contributed by atoms with Crippen LogP contribution in [0.2, 0.25) is 0 Å². The summed E-state index contributed by atoms with van der Waals surface area (Å²) in [7, 11) is 0. The normalized spacial score (nSPS) is 17.2. The SMILES string of the molecule is NC(c1cc2c(s1)CCCCC2)c1cscc1Br. The van der Waals surface area contributed by atoms with Crippen LogP contribution in [-0.2, 0) is 12.8 Å². The first-order chi connectivity index (χ1) is 8.75. The molecule has 2 N–H and O–H groups in total. The third-order valence-electron chi connectivity index (χ3n) is 3.55. The maximum atomic E-state index is 6.40. The summed E-state index contributed by atoms with van der Waals surface area (Å²) in [5.74, 6) is 0. The number of rotatable bonds is 2. The summed E-state index contributed by atoms with van der Waals surface area (Å²) in [5.41, 5.74) is 9.17. The third kappa shape index (κ3) is 2.44. The van der Waals surface area contributed by atoms with E-state index in [-0.39, 0.29) is 6.04 Å². The van der Waals surface area contributed by atoms with E-state index in [4.69, 9.17) is 5.73 Å². The van der Waals surface area contributed by atoms with Gasteiger partial charge in [0.1, 0.15) is 0 Å². The molecule has 2 heterocycles. The second-order valence-electron chi connectivity index (χ2n) is 4.81. The number of aryl methyl sites for hydroxylation is 2. The zero-order valence-electron chi connectivity index (χ0n) is 10.1. The highest BCUT2D eigenvalue weighted by Gasteiger charge is 2.19. The minimum absolute atomic E-state index is 0.0301. The molecule has 1 aliphatic rings. The zero-order valence-corrected chi connectivity index (χ0v) is 13.3. The first-order valence-electron chi connectivity index (χ1n) is 6.34. The molecule has 1 unspecified atom stereocenters. The molecular weight excluding hydrogens is 326 g/mol. The summed E-state index contributed by atoms with van der Waals surface area (Å²) in [6.07, 6.45) is 6.53. The van der Waals surface area contributed by atoms with Gasteiger partial charge in [0.2, 0.25) is 0 Å². The fourth-order valence-electron chi connectivity index (χ4n) is 2.51. The van der Waals surface area contributed by atoms with Gasteiger partial charge < -0.3 is 5.73 Å². The fraction of sp³-hybridized carbons (Fsp3) is 0.429. The van der Waals surface area contributed by atoms with Crippen molar-refractivity contribution in [1.29, 1.82) is 0 Å². The Balaban J connectivity index is 1.91. The molecule has 1 nitrogen and oxygen atoms in total. The number of hydrogen-bond donors (Lipinski definition) is 1. The number of halogens is 1. The van der Waals surface area contributed by atoms with E-state index in [0.717, 1.165) is 4.47 Å². The average molecular weight is 342 g/mol. The third-order valence-corrected chi connectivity index (χ3v) is 6.62. The molecule has 1 aliphatic carbocycles. The highest BCUT2D eigenvalue weighted by atomic mass is 79.9. The number of nitrogens with two attached hydrogens (primary N) is 1. The van der Waals surface area contributed by atoms with Gasteiger partial charge in [-0.05, 0) is 64.2 Å². The van der Waals surface area contributed by atoms with Crippen molar-refractivity contribution in [2.75, 3.05) is 0 Å². The Morgan fingerprint density at radius 2 is 2.00 bits per heavy atom. The van der Waals surface area contributed by atoms with Crippen molar-refractivity contribution >= 4 is 38.6 Å². The van der Waals surface area contributed by atoms with Gasteiger partial charge in [0.25, 0.3) is 0 Å². The summed E-state index contributed by atoms with van der Waals surface area (Å²) in [5, 5.41) is 4.26. The fourth-order valence-corrected chi connectivity index (χ4v) is 5.37. The number of thiophene rings is 2. The molecule has 0 saturated heterocycles. The van der Waals surface area contributed by atoms with E-state index in [1.54, 1.807) is 21.8 Å². The Labute approximate surface area is 124 Å². The lowest BCUT2D eigenvalue weighted by Crippen LogP contribution is -2.09. The van der Waals surface area contributed by atoms with E-state index in [2.05, 4.69) is 32.8 Å². The Bertz CT molecular complexity index is 520. The van der Waals surface area contributed by atoms with Crippen LogP contribution in [0.25, 0.3) is 0 Å². The van der Waals surface area contributed by atoms with Gasteiger partial charge in [0, 0.05) is 19.6 Å². The predicted molar refractivity (Wildman–Crippen MR) is 83.6 cm³/mol. The topological polar surface area (TPSA) is 26.0 Å². The number of fused-ring (bicyclic) bond motifs is 1. The van der Waals surface area contributed by atoms with Crippen LogP contribution < -0.4 is 5.73 Å². The molecule has 2 aromatic heterocycles. The highest BCUT2D eigenvalue weighted by molar-refractivity contribution is 9.10. The summed E-state index contributed by atoms with van der Waals surface area (Å²) in [6.45, 7) is 0. The van der Waals surface area contributed by atoms with E-state index in [1.807, 2.05) is 11.3 Å². The lowest BCUT2D eigenvalue weighted by atomic mass is 10.1. The first-order valence-corrected chi connectivity index (χ1v) is 8.89. The van der Waals surface area contributed by atoms with Gasteiger partial charge in [-0.15, -0.1) is 11.3 Å². The summed E-state index contributed by atoms with van der Waals surface area (Å²) < 4.78 is 1.14. The van der Waals surface area contributed by atoms with E-state index in [0.29, 0.717) is 0 Å². The molecule has 3 rings (SSSR count). The molecule has 2 aromatic rings. The largest absolute Gasteiger partial charge is 0.320 e. The van der Waals surface area contributed by atoms with Crippen LogP contribution in [0.3, 0.4) is 0 Å². The van der Waals surface area contributed by atoms with Crippen LogP contribution in [0, 0.1) is 0 Å². The van der Waals surface area contributed by atoms with Gasteiger partial charge in [0.15, 0.2) is 0 Å². The van der Waals surface area contributed by atoms with Crippen LogP contribution in [0.15, 0.2) is 21.3 Å². The molecule has 0 amide bonds. The molecule has 0 bridgehead atoms. The Morgan fingerprint density at radius 1 is 1.17 bits per heavy atom. The van der Waals surface area contributed by atoms with E-state index in [1.165, 1.54) is 42.5 Å². The van der Waals surface area contributed by atoms with Gasteiger partial charge >= 0.3 is 0 Å². The quantitative estimate of drug-likeness (QED) is 0.773. The van der Waals surface area contributed by atoms with Crippen molar-refractivity contribution in [3.63, 3.8) is 0 Å². The van der Waals surface area contributed by atoms with Gasteiger partial charge in [-0.2, -0.15) is 11.3 Å². The molecule has 18 heavy (non-hydrogen) atoms. The Kier molecular flexibility index (Phi) is 3.89. The van der Waals surface area contributed by atoms with Crippen LogP contribution >= 0.6 is 38.6 Å². The Hall–Kier alpha value is -0.160. The van der Waals surface area contributed by atoms with Crippen LogP contribution in [0.4, 0.5) is 0 Å². The zero-order chi connectivity index (χ0) is 12.5. The van der Waals surface area contributed by atoms with Crippen molar-refractivity contribution in [2.24, 2.45) is 5.73 Å². The Morgan fingerprint density at radius 3 is 2.78 bits per heavy atom. The van der Waals surface area contributed by atoms with Crippen molar-refractivity contribution in [3.05, 3.63) is 42.2 Å². The first kappa shape index (κ1) is 12.9. The lowest BCUT2D eigenvalue weighted by Gasteiger charge is -2.08. The molecule has 4 heteroatoms. The van der Waals surface area contributed by atoms with E-state index >= 15 is 0 Å². The van der Waals surface area contributed by atoms with E-state index < -0.39 is 0 Å². The maximum Gasteiger partial charge on any atom is 0.0665 e. The maximum absolute atomic E-state index is 6.40. The smallest absolute Gasteiger partial charge is 0.0665 e. The lowest BCUT2D eigenvalue weighted by molar-refractivity contribution is 0.712. The summed E-state index contributed by atoms with van der Waals surface area (Å²) >= 11 is 7.21. The molecule has 0 spiro atoms. The molecule has 96 valence electrons. The van der Waals surface area contributed by atoms with Crippen LogP contribution in [0.5, 0.6) is 0 Å². The van der Waals surface area contributed by atoms with Crippen molar-refractivity contribution in [1.82, 2.24) is 0 Å². The van der Waals surface area contributed by atoms with Gasteiger partial charge in [-0.1, -0.05) is 6.42 Å². The molecule has 0 saturated carbocycles. The van der Waals surface area contributed by atoms with Gasteiger partial charge in [-0.25, -0.2) is 0 Å². The molecule has 0 fully saturated rings. The van der Waals surface area contributed by atoms with Gasteiger partial charge in [-0.3, -0.25) is 0 Å². The average Bonchev–Trinajstić information content (AvgIpc) is 2.90. The number of hydrogen-bond acceptors (Lipinski definition) is 3. The van der Waals surface area contributed by atoms with Crippen molar-refractivity contribution in [2.45, 2.75) is 38.1 Å². The second-order valence-corrected chi connectivity index (χ2v) is 7.58. The van der Waals surface area contributed by atoms with Crippen LogP contribution in [-0.4, -0.2) is 0 Å². The molecular formula is C14H16BrNS2. The van der Waals surface area contributed by atoms with E-state index in [9.17, 15) is 0 Å². The van der Waals surface area contributed by atoms with Crippen molar-refractivity contribution in [3.8, 4) is 0 Å². The molecule has 0 radical (unpaired) electrons. The molecule has 1 atom stereocenters. The van der Waals surface area contributed by atoms with Crippen molar-refractivity contribution < 1.29 is 0 Å². The van der Waals surface area contributed by atoms with Gasteiger partial charge in [0.05, 0.1) is 6.04 Å².